The Morgan fingerprint density at radius 1 is 1.30 bits per heavy atom. The molecular weight excluding hydrogens is 414 g/mol. The van der Waals surface area contributed by atoms with Gasteiger partial charge in [-0.05, 0) is 24.3 Å². The maximum Gasteiger partial charge on any atom is 0.408 e. The van der Waals surface area contributed by atoms with Gasteiger partial charge >= 0.3 is 6.09 Å². The highest BCUT2D eigenvalue weighted by molar-refractivity contribution is 6.30. The van der Waals surface area contributed by atoms with Crippen molar-refractivity contribution >= 4 is 23.3 Å². The third-order valence-electron chi connectivity index (χ3n) is 5.34. The number of fused-ring (bicyclic) bond motifs is 1. The number of benzene rings is 1. The summed E-state index contributed by atoms with van der Waals surface area (Å²) in [5.74, 6) is -2.85. The van der Waals surface area contributed by atoms with Gasteiger partial charge in [-0.25, -0.2) is 23.1 Å². The Morgan fingerprint density at radius 2 is 2.03 bits per heavy atom. The summed E-state index contributed by atoms with van der Waals surface area (Å²) in [6, 6.07) is 10.4. The second kappa shape index (κ2) is 8.55. The van der Waals surface area contributed by atoms with Crippen molar-refractivity contribution in [2.24, 2.45) is 5.92 Å². The van der Waals surface area contributed by atoms with E-state index in [0.29, 0.717) is 16.4 Å². The van der Waals surface area contributed by atoms with Gasteiger partial charge in [-0.15, -0.1) is 0 Å². The van der Waals surface area contributed by atoms with Crippen LogP contribution < -0.4 is 5.32 Å². The number of nitrogens with zero attached hydrogens (tertiary/aromatic N) is 3. The van der Waals surface area contributed by atoms with Crippen LogP contribution in [0.5, 0.6) is 0 Å². The zero-order chi connectivity index (χ0) is 21.1. The van der Waals surface area contributed by atoms with E-state index in [1.54, 1.807) is 16.8 Å². The van der Waals surface area contributed by atoms with Crippen LogP contribution in [0, 0.1) is 5.92 Å². The molecule has 1 fully saturated rings. The van der Waals surface area contributed by atoms with E-state index in [0.717, 1.165) is 5.56 Å². The molecule has 1 N–H and O–H groups in total. The lowest BCUT2D eigenvalue weighted by Gasteiger charge is -2.33. The van der Waals surface area contributed by atoms with Crippen molar-refractivity contribution in [3.05, 3.63) is 65.1 Å². The minimum absolute atomic E-state index is 0.116. The molecule has 2 aromatic heterocycles. The minimum Gasteiger partial charge on any atom is -0.445 e. The average molecular weight is 435 g/mol. The number of hydrogen-bond acceptors (Lipinski definition) is 4. The first-order valence-corrected chi connectivity index (χ1v) is 10.1. The van der Waals surface area contributed by atoms with Crippen molar-refractivity contribution in [3.8, 4) is 0 Å². The Kier molecular flexibility index (Phi) is 5.85. The van der Waals surface area contributed by atoms with Crippen LogP contribution in [-0.2, 0) is 11.3 Å². The van der Waals surface area contributed by atoms with Gasteiger partial charge in [0.15, 0.2) is 5.65 Å². The molecule has 158 valence electrons. The third-order valence-corrected chi connectivity index (χ3v) is 5.55. The van der Waals surface area contributed by atoms with Gasteiger partial charge in [-0.3, -0.25) is 0 Å². The van der Waals surface area contributed by atoms with E-state index in [9.17, 15) is 13.6 Å². The fourth-order valence-corrected chi connectivity index (χ4v) is 3.88. The maximum atomic E-state index is 13.7. The standard InChI is InChI=1S/C21H21ClF2N4O2/c22-16-10-18-26-17(12-28(18)25-11-16)19(15-6-8-21(23,24)9-7-15)27-20(29)30-13-14-4-2-1-3-5-14/h1-5,10-12,15,19H,6-9,13H2,(H,27,29)/t19-/m0/s1. The monoisotopic (exact) mass is 434 g/mol. The van der Waals surface area contributed by atoms with Crippen molar-refractivity contribution < 1.29 is 18.3 Å². The zero-order valence-electron chi connectivity index (χ0n) is 16.1. The minimum atomic E-state index is -2.66. The predicted molar refractivity (Wildman–Crippen MR) is 107 cm³/mol. The summed E-state index contributed by atoms with van der Waals surface area (Å²) in [4.78, 5) is 17.0. The fraction of sp³-hybridized carbons (Fsp3) is 0.381. The van der Waals surface area contributed by atoms with E-state index in [1.807, 2.05) is 30.3 Å². The van der Waals surface area contributed by atoms with Gasteiger partial charge in [0.2, 0.25) is 5.92 Å². The van der Waals surface area contributed by atoms with Crippen LogP contribution in [0.4, 0.5) is 13.6 Å². The topological polar surface area (TPSA) is 68.5 Å². The van der Waals surface area contributed by atoms with Gasteiger partial charge in [0, 0.05) is 18.9 Å². The summed E-state index contributed by atoms with van der Waals surface area (Å²) in [5.41, 5.74) is 1.91. The summed E-state index contributed by atoms with van der Waals surface area (Å²) in [7, 11) is 0. The van der Waals surface area contributed by atoms with Crippen molar-refractivity contribution in [1.82, 2.24) is 19.9 Å². The molecule has 0 bridgehead atoms. The van der Waals surface area contributed by atoms with Crippen molar-refractivity contribution in [2.45, 2.75) is 44.3 Å². The molecule has 1 aliphatic carbocycles. The number of rotatable bonds is 5. The smallest absolute Gasteiger partial charge is 0.408 e. The second-order valence-corrected chi connectivity index (χ2v) is 7.96. The number of imidazole rings is 1. The molecule has 0 aliphatic heterocycles. The molecule has 1 aliphatic rings. The Balaban J connectivity index is 1.52. The number of nitrogens with one attached hydrogen (secondary N) is 1. The fourth-order valence-electron chi connectivity index (χ4n) is 3.74. The summed E-state index contributed by atoms with van der Waals surface area (Å²) < 4.78 is 34.2. The molecule has 3 aromatic rings. The number of hydrogen-bond donors (Lipinski definition) is 1. The average Bonchev–Trinajstić information content (AvgIpc) is 3.14. The molecule has 0 radical (unpaired) electrons. The van der Waals surface area contributed by atoms with E-state index in [1.165, 1.54) is 6.20 Å². The molecule has 4 rings (SSSR count). The summed E-state index contributed by atoms with van der Waals surface area (Å²) in [5, 5.41) is 7.43. The molecule has 1 atom stereocenters. The molecule has 1 saturated carbocycles. The van der Waals surface area contributed by atoms with Crippen LogP contribution in [0.2, 0.25) is 5.02 Å². The van der Waals surface area contributed by atoms with Crippen LogP contribution >= 0.6 is 11.6 Å². The second-order valence-electron chi connectivity index (χ2n) is 7.52. The molecule has 0 spiro atoms. The third kappa shape index (κ3) is 4.87. The first-order valence-electron chi connectivity index (χ1n) is 9.75. The first-order chi connectivity index (χ1) is 14.4. The molecular formula is C21H21ClF2N4O2. The van der Waals surface area contributed by atoms with Crippen molar-refractivity contribution in [3.63, 3.8) is 0 Å². The molecule has 30 heavy (non-hydrogen) atoms. The SMILES string of the molecule is O=C(N[C@H](c1cn2ncc(Cl)cc2n1)C1CCC(F)(F)CC1)OCc1ccccc1. The molecule has 2 heterocycles. The van der Waals surface area contributed by atoms with E-state index in [-0.39, 0.29) is 38.2 Å². The number of alkyl carbamates (subject to hydrolysis) is 1. The molecule has 9 heteroatoms. The Labute approximate surface area is 177 Å². The molecule has 0 unspecified atom stereocenters. The number of amides is 1. The van der Waals surface area contributed by atoms with Gasteiger partial charge in [0.05, 0.1) is 29.2 Å². The predicted octanol–water partition coefficient (Wildman–Crippen LogP) is 5.18. The zero-order valence-corrected chi connectivity index (χ0v) is 16.9. The van der Waals surface area contributed by atoms with Crippen molar-refractivity contribution in [2.75, 3.05) is 0 Å². The number of alkyl halides is 2. The van der Waals surface area contributed by atoms with E-state index < -0.39 is 18.1 Å². The van der Waals surface area contributed by atoms with Gasteiger partial charge in [-0.1, -0.05) is 41.9 Å². The number of halogens is 3. The summed E-state index contributed by atoms with van der Waals surface area (Å²) in [6.45, 7) is 0.116. The highest BCUT2D eigenvalue weighted by Crippen LogP contribution is 2.41. The maximum absolute atomic E-state index is 13.7. The van der Waals surface area contributed by atoms with Gasteiger partial charge in [-0.2, -0.15) is 5.10 Å². The number of carbonyl (C=O) groups excluding carboxylic acids is 1. The largest absolute Gasteiger partial charge is 0.445 e. The number of carbonyl (C=O) groups is 1. The summed E-state index contributed by atoms with van der Waals surface area (Å²) >= 11 is 5.98. The first kappa shape index (κ1) is 20.5. The van der Waals surface area contributed by atoms with Gasteiger partial charge in [0.25, 0.3) is 0 Å². The highest BCUT2D eigenvalue weighted by atomic mass is 35.5. The molecule has 1 amide bonds. The quantitative estimate of drug-likeness (QED) is 0.601. The van der Waals surface area contributed by atoms with Crippen LogP contribution in [0.25, 0.3) is 5.65 Å². The Bertz CT molecular complexity index is 1020. The normalized spacial score (nSPS) is 17.6. The lowest BCUT2D eigenvalue weighted by molar-refractivity contribution is -0.0497. The highest BCUT2D eigenvalue weighted by Gasteiger charge is 2.39. The van der Waals surface area contributed by atoms with Crippen LogP contribution in [0.3, 0.4) is 0 Å². The molecule has 6 nitrogen and oxygen atoms in total. The van der Waals surface area contributed by atoms with Crippen molar-refractivity contribution in [1.29, 1.82) is 0 Å². The van der Waals surface area contributed by atoms with E-state index in [2.05, 4.69) is 15.4 Å². The van der Waals surface area contributed by atoms with Crippen LogP contribution in [-0.4, -0.2) is 26.6 Å². The summed E-state index contributed by atoms with van der Waals surface area (Å²) in [6.07, 6.45) is 2.67. The lowest BCUT2D eigenvalue weighted by atomic mass is 9.81. The van der Waals surface area contributed by atoms with E-state index in [4.69, 9.17) is 16.3 Å². The van der Waals surface area contributed by atoms with Crippen LogP contribution in [0.1, 0.15) is 43.0 Å². The number of aromatic nitrogens is 3. The molecule has 0 saturated heterocycles. The lowest BCUT2D eigenvalue weighted by Crippen LogP contribution is -2.37. The Morgan fingerprint density at radius 3 is 2.77 bits per heavy atom. The van der Waals surface area contributed by atoms with Gasteiger partial charge in [0.1, 0.15) is 6.61 Å². The van der Waals surface area contributed by atoms with Crippen LogP contribution in [0.15, 0.2) is 48.8 Å². The number of ether oxygens (including phenoxy) is 1. The Hall–Kier alpha value is -2.74. The van der Waals surface area contributed by atoms with Gasteiger partial charge < -0.3 is 10.1 Å². The van der Waals surface area contributed by atoms with E-state index >= 15 is 0 Å². The molecule has 1 aromatic carbocycles.